The number of benzene rings is 1. The number of methoxy groups -OCH3 is 1. The molecule has 5 heteroatoms. The number of carbonyl (C=O) groups is 1. The predicted octanol–water partition coefficient (Wildman–Crippen LogP) is 2.59. The molecule has 0 aliphatic carbocycles. The summed E-state index contributed by atoms with van der Waals surface area (Å²) in [6, 6.07) is 7.50. The Balaban J connectivity index is 2.82. The summed E-state index contributed by atoms with van der Waals surface area (Å²) in [6.45, 7) is 0. The average molecular weight is 286 g/mol. The van der Waals surface area contributed by atoms with Crippen LogP contribution >= 0.6 is 27.7 Å². The first-order chi connectivity index (χ1) is 7.19. The maximum atomic E-state index is 10.9. The molecule has 0 radical (unpaired) electrons. The van der Waals surface area contributed by atoms with Gasteiger partial charge in [0.2, 0.25) is 0 Å². The monoisotopic (exact) mass is 285 g/mol. The Morgan fingerprint density at radius 2 is 2.40 bits per heavy atom. The molecule has 0 amide bonds. The molecule has 0 saturated carbocycles. The minimum Gasteiger partial charge on any atom is -0.468 e. The smallest absolute Gasteiger partial charge is 0.315 e. The van der Waals surface area contributed by atoms with E-state index in [9.17, 15) is 4.79 Å². The highest BCUT2D eigenvalue weighted by Crippen LogP contribution is 2.27. The van der Waals surface area contributed by atoms with E-state index in [1.807, 2.05) is 6.07 Å². The molecule has 0 saturated heterocycles. The quantitative estimate of drug-likeness (QED) is 0.633. The van der Waals surface area contributed by atoms with Crippen LogP contribution in [0.5, 0.6) is 0 Å². The van der Waals surface area contributed by atoms with Crippen molar-refractivity contribution in [2.24, 2.45) is 0 Å². The largest absolute Gasteiger partial charge is 0.468 e. The Labute approximate surface area is 101 Å². The van der Waals surface area contributed by atoms with Crippen molar-refractivity contribution in [1.29, 1.82) is 5.26 Å². The predicted molar refractivity (Wildman–Crippen MR) is 61.6 cm³/mol. The fourth-order valence-electron chi connectivity index (χ4n) is 0.929. The highest BCUT2D eigenvalue weighted by molar-refractivity contribution is 9.10. The Kier molecular flexibility index (Phi) is 4.66. The second kappa shape index (κ2) is 5.79. The van der Waals surface area contributed by atoms with Crippen LogP contribution in [0.3, 0.4) is 0 Å². The van der Waals surface area contributed by atoms with Crippen molar-refractivity contribution in [2.75, 3.05) is 12.9 Å². The van der Waals surface area contributed by atoms with Crippen LogP contribution < -0.4 is 0 Å². The van der Waals surface area contributed by atoms with E-state index in [-0.39, 0.29) is 11.7 Å². The van der Waals surface area contributed by atoms with E-state index < -0.39 is 0 Å². The Hall–Kier alpha value is -0.990. The Morgan fingerprint density at radius 1 is 1.67 bits per heavy atom. The summed E-state index contributed by atoms with van der Waals surface area (Å²) in [5, 5.41) is 8.91. The van der Waals surface area contributed by atoms with Crippen molar-refractivity contribution in [3.63, 3.8) is 0 Å². The van der Waals surface area contributed by atoms with Gasteiger partial charge in [-0.25, -0.2) is 0 Å². The SMILES string of the molecule is COC(=O)CSc1cccc(Br)c1C#N. The summed E-state index contributed by atoms with van der Waals surface area (Å²) in [4.78, 5) is 11.7. The zero-order valence-corrected chi connectivity index (χ0v) is 10.4. The summed E-state index contributed by atoms with van der Waals surface area (Å²) in [5.74, 6) is -0.0920. The van der Waals surface area contributed by atoms with Crippen molar-refractivity contribution in [1.82, 2.24) is 0 Å². The minimum atomic E-state index is -0.302. The number of hydrogen-bond acceptors (Lipinski definition) is 4. The van der Waals surface area contributed by atoms with Crippen molar-refractivity contribution >= 4 is 33.7 Å². The molecule has 0 spiro atoms. The highest BCUT2D eigenvalue weighted by Gasteiger charge is 2.08. The fraction of sp³-hybridized carbons (Fsp3) is 0.200. The molecule has 1 rings (SSSR count). The minimum absolute atomic E-state index is 0.210. The van der Waals surface area contributed by atoms with Crippen LogP contribution in [0.4, 0.5) is 0 Å². The van der Waals surface area contributed by atoms with E-state index in [1.54, 1.807) is 12.1 Å². The third-order valence-corrected chi connectivity index (χ3v) is 3.35. The van der Waals surface area contributed by atoms with Crippen LogP contribution in [0.2, 0.25) is 0 Å². The third-order valence-electron chi connectivity index (χ3n) is 1.66. The van der Waals surface area contributed by atoms with E-state index in [1.165, 1.54) is 18.9 Å². The molecule has 0 aromatic heterocycles. The summed E-state index contributed by atoms with van der Waals surface area (Å²) in [5.41, 5.74) is 0.548. The normalized spacial score (nSPS) is 9.40. The molecule has 0 aliphatic rings. The molecule has 15 heavy (non-hydrogen) atoms. The molecule has 0 bridgehead atoms. The van der Waals surface area contributed by atoms with E-state index in [0.29, 0.717) is 5.56 Å². The number of carbonyl (C=O) groups excluding carboxylic acids is 1. The standard InChI is InChI=1S/C10H8BrNO2S/c1-14-10(13)6-15-9-4-2-3-8(11)7(9)5-12/h2-4H,6H2,1H3. The number of ether oxygens (including phenoxy) is 1. The fourth-order valence-corrected chi connectivity index (χ4v) is 2.38. The lowest BCUT2D eigenvalue weighted by molar-refractivity contribution is -0.137. The molecule has 0 aliphatic heterocycles. The number of hydrogen-bond donors (Lipinski definition) is 0. The maximum absolute atomic E-state index is 10.9. The number of thioether (sulfide) groups is 1. The Morgan fingerprint density at radius 3 is 3.00 bits per heavy atom. The van der Waals surface area contributed by atoms with Crippen molar-refractivity contribution < 1.29 is 9.53 Å². The van der Waals surface area contributed by atoms with Gasteiger partial charge in [0, 0.05) is 9.37 Å². The van der Waals surface area contributed by atoms with Gasteiger partial charge in [0.25, 0.3) is 0 Å². The molecular weight excluding hydrogens is 278 g/mol. The average Bonchev–Trinajstić information content (AvgIpc) is 2.25. The van der Waals surface area contributed by atoms with E-state index >= 15 is 0 Å². The van der Waals surface area contributed by atoms with Gasteiger partial charge in [-0.2, -0.15) is 5.26 Å². The molecule has 1 aromatic rings. The lowest BCUT2D eigenvalue weighted by Crippen LogP contribution is -2.03. The van der Waals surface area contributed by atoms with Gasteiger partial charge in [-0.05, 0) is 28.1 Å². The van der Waals surface area contributed by atoms with Crippen molar-refractivity contribution in [3.8, 4) is 6.07 Å². The summed E-state index contributed by atoms with van der Waals surface area (Å²) in [6.07, 6.45) is 0. The zero-order valence-electron chi connectivity index (χ0n) is 7.99. The molecule has 0 heterocycles. The lowest BCUT2D eigenvalue weighted by Gasteiger charge is -2.03. The highest BCUT2D eigenvalue weighted by atomic mass is 79.9. The third kappa shape index (κ3) is 3.26. The second-order valence-corrected chi connectivity index (χ2v) is 4.46. The summed E-state index contributed by atoms with van der Waals surface area (Å²) >= 11 is 4.57. The van der Waals surface area contributed by atoms with Crippen molar-refractivity contribution in [2.45, 2.75) is 4.90 Å². The first-order valence-corrected chi connectivity index (χ1v) is 5.85. The van der Waals surface area contributed by atoms with E-state index in [2.05, 4.69) is 26.7 Å². The number of nitriles is 1. The topological polar surface area (TPSA) is 50.1 Å². The lowest BCUT2D eigenvalue weighted by atomic mass is 10.2. The van der Waals surface area contributed by atoms with Crippen molar-refractivity contribution in [3.05, 3.63) is 28.2 Å². The van der Waals surface area contributed by atoms with Crippen LogP contribution in [0.1, 0.15) is 5.56 Å². The van der Waals surface area contributed by atoms with Gasteiger partial charge in [0.15, 0.2) is 0 Å². The second-order valence-electron chi connectivity index (χ2n) is 2.59. The number of halogens is 1. The molecule has 0 unspecified atom stereocenters. The molecule has 78 valence electrons. The van der Waals surface area contributed by atoms with Gasteiger partial charge in [0.05, 0.1) is 18.4 Å². The van der Waals surface area contributed by atoms with E-state index in [0.717, 1.165) is 9.37 Å². The number of rotatable bonds is 3. The molecule has 0 atom stereocenters. The van der Waals surface area contributed by atoms with Crippen LogP contribution in [0.15, 0.2) is 27.6 Å². The first kappa shape index (κ1) is 12.1. The first-order valence-electron chi connectivity index (χ1n) is 4.07. The van der Waals surface area contributed by atoms with Crippen LogP contribution in [0, 0.1) is 11.3 Å². The van der Waals surface area contributed by atoms with Gasteiger partial charge >= 0.3 is 5.97 Å². The van der Waals surface area contributed by atoms with Gasteiger partial charge in [-0.1, -0.05) is 6.07 Å². The maximum Gasteiger partial charge on any atom is 0.315 e. The Bertz CT molecular complexity index is 414. The molecule has 3 nitrogen and oxygen atoms in total. The van der Waals surface area contributed by atoms with Gasteiger partial charge in [-0.15, -0.1) is 11.8 Å². The van der Waals surface area contributed by atoms with Crippen LogP contribution in [-0.2, 0) is 9.53 Å². The zero-order chi connectivity index (χ0) is 11.3. The summed E-state index contributed by atoms with van der Waals surface area (Å²) in [7, 11) is 1.34. The van der Waals surface area contributed by atoms with Crippen LogP contribution in [0.25, 0.3) is 0 Å². The summed E-state index contributed by atoms with van der Waals surface area (Å²) < 4.78 is 5.26. The molecule has 1 aromatic carbocycles. The molecule has 0 N–H and O–H groups in total. The molecular formula is C10H8BrNO2S. The number of esters is 1. The van der Waals surface area contributed by atoms with Gasteiger partial charge < -0.3 is 4.74 Å². The van der Waals surface area contributed by atoms with Gasteiger partial charge in [-0.3, -0.25) is 4.79 Å². The number of nitrogens with zero attached hydrogens (tertiary/aromatic N) is 1. The van der Waals surface area contributed by atoms with Gasteiger partial charge in [0.1, 0.15) is 6.07 Å². The van der Waals surface area contributed by atoms with Crippen LogP contribution in [-0.4, -0.2) is 18.8 Å². The molecule has 0 fully saturated rings. The van der Waals surface area contributed by atoms with E-state index in [4.69, 9.17) is 5.26 Å².